The quantitative estimate of drug-likeness (QED) is 0.829. The monoisotopic (exact) mass is 280 g/mol. The van der Waals surface area contributed by atoms with Gasteiger partial charge in [-0.2, -0.15) is 5.10 Å². The Morgan fingerprint density at radius 1 is 1.28 bits per heavy atom. The summed E-state index contributed by atoms with van der Waals surface area (Å²) in [5.74, 6) is 0. The van der Waals surface area contributed by atoms with Crippen molar-refractivity contribution in [2.75, 3.05) is 10.6 Å². The van der Waals surface area contributed by atoms with Crippen LogP contribution in [-0.4, -0.2) is 14.9 Å². The van der Waals surface area contributed by atoms with Crippen molar-refractivity contribution in [3.8, 4) is 0 Å². The third-order valence-corrected chi connectivity index (χ3v) is 3.14. The van der Waals surface area contributed by atoms with Crippen LogP contribution in [0.25, 0.3) is 0 Å². The molecule has 0 radical (unpaired) electrons. The normalized spacial score (nSPS) is 10.2. The lowest BCUT2D eigenvalue weighted by Crippen LogP contribution is -2.19. The summed E-state index contributed by atoms with van der Waals surface area (Å²) in [6.07, 6.45) is 1.73. The van der Waals surface area contributed by atoms with Crippen molar-refractivity contribution in [2.24, 2.45) is 7.05 Å². The van der Waals surface area contributed by atoms with Crippen molar-refractivity contribution in [1.29, 1.82) is 0 Å². The van der Waals surface area contributed by atoms with E-state index in [4.69, 9.17) is 23.8 Å². The zero-order valence-electron chi connectivity index (χ0n) is 10.1. The van der Waals surface area contributed by atoms with Crippen LogP contribution in [0.1, 0.15) is 5.69 Å². The predicted molar refractivity (Wildman–Crippen MR) is 79.2 cm³/mol. The van der Waals surface area contributed by atoms with Gasteiger partial charge in [0.25, 0.3) is 0 Å². The summed E-state index contributed by atoms with van der Waals surface area (Å²) in [5, 5.41) is 11.4. The van der Waals surface area contributed by atoms with Crippen LogP contribution in [0.4, 0.5) is 11.4 Å². The van der Waals surface area contributed by atoms with Gasteiger partial charge >= 0.3 is 0 Å². The van der Waals surface area contributed by atoms with E-state index >= 15 is 0 Å². The highest BCUT2D eigenvalue weighted by Crippen LogP contribution is 2.21. The number of benzene rings is 1. The van der Waals surface area contributed by atoms with Gasteiger partial charge in [0.05, 0.1) is 28.3 Å². The Morgan fingerprint density at radius 2 is 1.94 bits per heavy atom. The second-order valence-electron chi connectivity index (χ2n) is 3.83. The minimum atomic E-state index is 0.485. The van der Waals surface area contributed by atoms with Gasteiger partial charge in [0.2, 0.25) is 0 Å². The Balaban J connectivity index is 2.06. The highest BCUT2D eigenvalue weighted by molar-refractivity contribution is 7.80. The van der Waals surface area contributed by atoms with Gasteiger partial charge in [-0.25, -0.2) is 0 Å². The highest BCUT2D eigenvalue weighted by Gasteiger charge is 2.06. The van der Waals surface area contributed by atoms with Crippen LogP contribution >= 0.6 is 23.8 Å². The molecule has 6 heteroatoms. The van der Waals surface area contributed by atoms with E-state index in [9.17, 15) is 0 Å². The lowest BCUT2D eigenvalue weighted by atomic mass is 10.3. The summed E-state index contributed by atoms with van der Waals surface area (Å²) in [6.45, 7) is 1.97. The first kappa shape index (κ1) is 12.9. The van der Waals surface area contributed by atoms with Crippen LogP contribution in [0.2, 0.25) is 5.02 Å². The van der Waals surface area contributed by atoms with Crippen molar-refractivity contribution in [3.63, 3.8) is 0 Å². The number of hydrogen-bond donors (Lipinski definition) is 2. The van der Waals surface area contributed by atoms with Gasteiger partial charge < -0.3 is 10.6 Å². The molecule has 0 fully saturated rings. The minimum absolute atomic E-state index is 0.485. The fourth-order valence-electron chi connectivity index (χ4n) is 1.46. The summed E-state index contributed by atoms with van der Waals surface area (Å²) in [6, 6.07) is 7.44. The molecule has 94 valence electrons. The fourth-order valence-corrected chi connectivity index (χ4v) is 1.86. The minimum Gasteiger partial charge on any atom is -0.331 e. The van der Waals surface area contributed by atoms with Gasteiger partial charge in [0, 0.05) is 7.05 Å². The third kappa shape index (κ3) is 2.80. The number of hydrogen-bond acceptors (Lipinski definition) is 2. The summed E-state index contributed by atoms with van der Waals surface area (Å²) in [5.41, 5.74) is 2.67. The molecule has 1 aromatic heterocycles. The average Bonchev–Trinajstić information content (AvgIpc) is 2.64. The zero-order chi connectivity index (χ0) is 13.1. The zero-order valence-corrected chi connectivity index (χ0v) is 11.6. The van der Waals surface area contributed by atoms with E-state index in [0.29, 0.717) is 10.1 Å². The number of anilines is 2. The molecule has 0 unspecified atom stereocenters. The van der Waals surface area contributed by atoms with E-state index in [-0.39, 0.29) is 0 Å². The van der Waals surface area contributed by atoms with Crippen LogP contribution in [0.3, 0.4) is 0 Å². The molecular weight excluding hydrogens is 268 g/mol. The SMILES string of the molecule is Cc1c(NC(=S)Nc2ccccc2Cl)cnn1C. The maximum Gasteiger partial charge on any atom is 0.175 e. The standard InChI is InChI=1S/C12H13ClN4S/c1-8-11(7-14-17(8)2)16-12(18)15-10-6-4-3-5-9(10)13/h3-7H,1-2H3,(H2,15,16,18). The van der Waals surface area contributed by atoms with Crippen LogP contribution < -0.4 is 10.6 Å². The molecule has 2 aromatic rings. The molecule has 1 aromatic carbocycles. The van der Waals surface area contributed by atoms with E-state index in [1.54, 1.807) is 10.9 Å². The van der Waals surface area contributed by atoms with E-state index < -0.39 is 0 Å². The van der Waals surface area contributed by atoms with Gasteiger partial charge in [-0.1, -0.05) is 23.7 Å². The molecule has 18 heavy (non-hydrogen) atoms. The molecule has 0 saturated carbocycles. The number of nitrogens with zero attached hydrogens (tertiary/aromatic N) is 2. The molecular formula is C12H13ClN4S. The molecule has 0 amide bonds. The van der Waals surface area contributed by atoms with Crippen molar-refractivity contribution in [3.05, 3.63) is 41.2 Å². The molecule has 0 bridgehead atoms. The smallest absolute Gasteiger partial charge is 0.175 e. The molecule has 2 N–H and O–H groups in total. The molecule has 0 saturated heterocycles. The van der Waals surface area contributed by atoms with Gasteiger partial charge in [-0.15, -0.1) is 0 Å². The van der Waals surface area contributed by atoms with Gasteiger partial charge in [-0.05, 0) is 31.3 Å². The van der Waals surface area contributed by atoms with Crippen molar-refractivity contribution in [2.45, 2.75) is 6.92 Å². The number of aromatic nitrogens is 2. The van der Waals surface area contributed by atoms with Crippen molar-refractivity contribution < 1.29 is 0 Å². The van der Waals surface area contributed by atoms with Gasteiger partial charge in [-0.3, -0.25) is 4.68 Å². The highest BCUT2D eigenvalue weighted by atomic mass is 35.5. The Morgan fingerprint density at radius 3 is 2.56 bits per heavy atom. The predicted octanol–water partition coefficient (Wildman–Crippen LogP) is 3.19. The van der Waals surface area contributed by atoms with Gasteiger partial charge in [0.15, 0.2) is 5.11 Å². The fraction of sp³-hybridized carbons (Fsp3) is 0.167. The number of rotatable bonds is 2. The van der Waals surface area contributed by atoms with Crippen molar-refractivity contribution >= 4 is 40.3 Å². The third-order valence-electron chi connectivity index (χ3n) is 2.61. The maximum absolute atomic E-state index is 6.04. The first-order valence-corrected chi connectivity index (χ1v) is 6.17. The van der Waals surface area contributed by atoms with Crippen LogP contribution in [-0.2, 0) is 7.05 Å². The second kappa shape index (κ2) is 5.37. The molecule has 4 nitrogen and oxygen atoms in total. The van der Waals surface area contributed by atoms with E-state index in [0.717, 1.165) is 17.1 Å². The largest absolute Gasteiger partial charge is 0.331 e. The molecule has 0 aliphatic heterocycles. The average molecular weight is 281 g/mol. The van der Waals surface area contributed by atoms with E-state index in [2.05, 4.69) is 15.7 Å². The summed E-state index contributed by atoms with van der Waals surface area (Å²) in [4.78, 5) is 0. The number of para-hydroxylation sites is 1. The van der Waals surface area contributed by atoms with Crippen LogP contribution in [0.5, 0.6) is 0 Å². The number of aryl methyl sites for hydroxylation is 1. The Hall–Kier alpha value is -1.59. The topological polar surface area (TPSA) is 41.9 Å². The Bertz CT molecular complexity index is 579. The molecule has 2 rings (SSSR count). The summed E-state index contributed by atoms with van der Waals surface area (Å²) >= 11 is 11.3. The summed E-state index contributed by atoms with van der Waals surface area (Å²) in [7, 11) is 1.88. The van der Waals surface area contributed by atoms with Crippen LogP contribution in [0, 0.1) is 6.92 Å². The van der Waals surface area contributed by atoms with Crippen LogP contribution in [0.15, 0.2) is 30.5 Å². The maximum atomic E-state index is 6.04. The Labute approximate surface area is 116 Å². The number of nitrogens with one attached hydrogen (secondary N) is 2. The van der Waals surface area contributed by atoms with E-state index in [1.165, 1.54) is 0 Å². The lowest BCUT2D eigenvalue weighted by Gasteiger charge is -2.11. The van der Waals surface area contributed by atoms with Crippen molar-refractivity contribution in [1.82, 2.24) is 9.78 Å². The first-order chi connectivity index (χ1) is 8.58. The second-order valence-corrected chi connectivity index (χ2v) is 4.64. The molecule has 0 atom stereocenters. The first-order valence-electron chi connectivity index (χ1n) is 5.39. The van der Waals surface area contributed by atoms with E-state index in [1.807, 2.05) is 38.2 Å². The lowest BCUT2D eigenvalue weighted by molar-refractivity contribution is 0.740. The summed E-state index contributed by atoms with van der Waals surface area (Å²) < 4.78 is 1.78. The number of halogens is 1. The molecule has 1 heterocycles. The molecule has 0 spiro atoms. The van der Waals surface area contributed by atoms with Gasteiger partial charge in [0.1, 0.15) is 0 Å². The Kier molecular flexibility index (Phi) is 3.84. The molecule has 0 aliphatic carbocycles. The molecule has 0 aliphatic rings. The number of thiocarbonyl (C=S) groups is 1.